The normalized spacial score (nSPS) is 24.8. The van der Waals surface area contributed by atoms with Gasteiger partial charge in [0.05, 0.1) is 35.7 Å². The smallest absolute Gasteiger partial charge is 0.327 e. The summed E-state index contributed by atoms with van der Waals surface area (Å²) in [4.78, 5) is 65.5. The van der Waals surface area contributed by atoms with Gasteiger partial charge in [0.1, 0.15) is 17.1 Å². The van der Waals surface area contributed by atoms with Gasteiger partial charge in [-0.15, -0.1) is 0 Å². The summed E-state index contributed by atoms with van der Waals surface area (Å²) in [5.41, 5.74) is 8.17. The lowest BCUT2D eigenvalue weighted by atomic mass is 9.98. The summed E-state index contributed by atoms with van der Waals surface area (Å²) in [6.07, 6.45) is 0.473. The molecular weight excluding hydrogens is 528 g/mol. The Morgan fingerprint density at radius 3 is 2.38 bits per heavy atom. The fourth-order valence-corrected chi connectivity index (χ4v) is 5.60. The molecule has 0 saturated carbocycles. The van der Waals surface area contributed by atoms with Crippen LogP contribution < -0.4 is 27.0 Å². The maximum atomic E-state index is 13.4. The van der Waals surface area contributed by atoms with E-state index < -0.39 is 77.4 Å². The van der Waals surface area contributed by atoms with Crippen molar-refractivity contribution in [3.8, 4) is 0 Å². The Labute approximate surface area is 227 Å². The summed E-state index contributed by atoms with van der Waals surface area (Å²) < 4.78 is 13.4. The second kappa shape index (κ2) is 12.8. The Kier molecular flexibility index (Phi) is 9.81. The first-order chi connectivity index (χ1) is 18.4. The van der Waals surface area contributed by atoms with Gasteiger partial charge in [-0.05, 0) is 36.5 Å². The number of carboxylic acid groups (broad SMARTS) is 1. The van der Waals surface area contributed by atoms with E-state index >= 15 is 0 Å². The van der Waals surface area contributed by atoms with E-state index in [4.69, 9.17) is 5.73 Å². The molecule has 5 atom stereocenters. The van der Waals surface area contributed by atoms with Crippen LogP contribution in [0.4, 0.5) is 0 Å². The number of carboxylic acids is 1. The lowest BCUT2D eigenvalue weighted by Gasteiger charge is -2.24. The number of nitrogens with one attached hydrogen (secondary N) is 5. The SMILES string of the molecule is CC[C@H](C)[C@@H]1NC(=O)CNC(=O)[C@@H](N)Cc2c([nH]c3cc(C)ccc23)S(=O)C[C@@H](C(=O)O)NC(=O)CNC1=O. The maximum absolute atomic E-state index is 13.4. The molecule has 13 nitrogen and oxygen atoms in total. The molecule has 0 saturated heterocycles. The van der Waals surface area contributed by atoms with Crippen molar-refractivity contribution in [2.45, 2.75) is 56.8 Å². The van der Waals surface area contributed by atoms with Crippen LogP contribution in [0.2, 0.25) is 0 Å². The van der Waals surface area contributed by atoms with E-state index in [1.807, 2.05) is 26.0 Å². The van der Waals surface area contributed by atoms with Crippen LogP contribution in [-0.2, 0) is 41.2 Å². The van der Waals surface area contributed by atoms with Crippen LogP contribution in [0, 0.1) is 12.8 Å². The maximum Gasteiger partial charge on any atom is 0.327 e. The van der Waals surface area contributed by atoms with Gasteiger partial charge in [-0.1, -0.05) is 32.4 Å². The highest BCUT2D eigenvalue weighted by atomic mass is 32.2. The molecule has 0 radical (unpaired) electrons. The van der Waals surface area contributed by atoms with Crippen LogP contribution in [0.25, 0.3) is 10.9 Å². The third kappa shape index (κ3) is 7.41. The first-order valence-electron chi connectivity index (χ1n) is 12.5. The minimum absolute atomic E-state index is 0.0560. The molecule has 2 heterocycles. The van der Waals surface area contributed by atoms with Crippen LogP contribution >= 0.6 is 0 Å². The van der Waals surface area contributed by atoms with E-state index in [0.717, 1.165) is 5.56 Å². The van der Waals surface area contributed by atoms with Crippen LogP contribution in [0.3, 0.4) is 0 Å². The number of hydrogen-bond acceptors (Lipinski definition) is 7. The van der Waals surface area contributed by atoms with E-state index in [9.17, 15) is 33.3 Å². The standard InChI is InChI=1S/C25H34N6O7S/c1-4-13(3)21-23(35)28-9-19(32)29-18(25(36)37)11-39(38)24-15(14-6-5-12(2)7-17(14)30-24)8-16(26)22(34)27-10-20(33)31-21/h5-7,13,16,18,21,30H,4,8-11,26H2,1-3H3,(H,27,34)(H,28,35)(H,29,32)(H,31,33)(H,36,37)/t13-,16-,18-,21-,39?/m0/s1. The molecular formula is C25H34N6O7S. The molecule has 0 fully saturated rings. The highest BCUT2D eigenvalue weighted by molar-refractivity contribution is 7.85. The van der Waals surface area contributed by atoms with Crippen LogP contribution in [0.5, 0.6) is 0 Å². The molecule has 212 valence electrons. The number of nitrogens with two attached hydrogens (primary N) is 1. The van der Waals surface area contributed by atoms with Crippen molar-refractivity contribution < 1.29 is 33.3 Å². The first-order valence-corrected chi connectivity index (χ1v) is 13.8. The minimum Gasteiger partial charge on any atom is -0.480 e. The number of rotatable bonds is 3. The van der Waals surface area contributed by atoms with Gasteiger partial charge in [0.2, 0.25) is 23.6 Å². The van der Waals surface area contributed by atoms with Crippen LogP contribution in [0.15, 0.2) is 23.2 Å². The minimum atomic E-state index is -1.95. The van der Waals surface area contributed by atoms with Gasteiger partial charge < -0.3 is 37.1 Å². The fourth-order valence-electron chi connectivity index (χ4n) is 4.21. The van der Waals surface area contributed by atoms with Gasteiger partial charge in [0, 0.05) is 10.9 Å². The number of aromatic nitrogens is 1. The zero-order chi connectivity index (χ0) is 28.9. The fraction of sp³-hybridized carbons (Fsp3) is 0.480. The number of carbonyl (C=O) groups is 5. The third-order valence-corrected chi connectivity index (χ3v) is 8.06. The average molecular weight is 563 g/mol. The Balaban J connectivity index is 1.99. The summed E-state index contributed by atoms with van der Waals surface area (Å²) >= 11 is 0. The molecule has 1 aliphatic rings. The number of benzene rings is 1. The molecule has 3 rings (SSSR count). The van der Waals surface area contributed by atoms with E-state index in [1.165, 1.54) is 0 Å². The zero-order valence-corrected chi connectivity index (χ0v) is 22.8. The molecule has 1 unspecified atom stereocenters. The summed E-state index contributed by atoms with van der Waals surface area (Å²) in [6.45, 7) is 4.44. The zero-order valence-electron chi connectivity index (χ0n) is 22.0. The van der Waals surface area contributed by atoms with E-state index in [1.54, 1.807) is 13.0 Å². The summed E-state index contributed by atoms with van der Waals surface area (Å²) in [6, 6.07) is 1.78. The second-order valence-corrected chi connectivity index (χ2v) is 11.1. The molecule has 0 aliphatic carbocycles. The van der Waals surface area contributed by atoms with Gasteiger partial charge in [-0.25, -0.2) is 4.79 Å². The molecule has 2 aromatic rings. The highest BCUT2D eigenvalue weighted by Crippen LogP contribution is 2.27. The van der Waals surface area contributed by atoms with Gasteiger partial charge in [0.15, 0.2) is 0 Å². The predicted octanol–water partition coefficient (Wildman–Crippen LogP) is -1.20. The van der Waals surface area contributed by atoms with Gasteiger partial charge in [-0.2, -0.15) is 0 Å². The Morgan fingerprint density at radius 2 is 1.74 bits per heavy atom. The van der Waals surface area contributed by atoms with Crippen LogP contribution in [-0.4, -0.2) is 80.9 Å². The van der Waals surface area contributed by atoms with Crippen molar-refractivity contribution in [1.82, 2.24) is 26.3 Å². The van der Waals surface area contributed by atoms with E-state index in [0.29, 0.717) is 22.9 Å². The Bertz CT molecular complexity index is 1310. The number of aryl methyl sites for hydroxylation is 1. The van der Waals surface area contributed by atoms with Crippen molar-refractivity contribution in [1.29, 1.82) is 0 Å². The summed E-state index contributed by atoms with van der Waals surface area (Å²) in [5, 5.41) is 20.3. The molecule has 14 heteroatoms. The molecule has 8 N–H and O–H groups in total. The molecule has 4 amide bonds. The predicted molar refractivity (Wildman–Crippen MR) is 143 cm³/mol. The number of amides is 4. The molecule has 1 aliphatic heterocycles. The Morgan fingerprint density at radius 1 is 1.10 bits per heavy atom. The van der Waals surface area contributed by atoms with E-state index in [-0.39, 0.29) is 17.4 Å². The molecule has 0 bridgehead atoms. The molecule has 1 aromatic heterocycles. The lowest BCUT2D eigenvalue weighted by molar-refractivity contribution is -0.141. The van der Waals surface area contributed by atoms with Crippen molar-refractivity contribution >= 4 is 51.3 Å². The topological polar surface area (TPSA) is 213 Å². The summed E-state index contributed by atoms with van der Waals surface area (Å²) in [5.74, 6) is -4.90. The van der Waals surface area contributed by atoms with Crippen molar-refractivity contribution in [2.75, 3.05) is 18.8 Å². The Hall–Kier alpha value is -3.78. The van der Waals surface area contributed by atoms with Gasteiger partial charge in [-0.3, -0.25) is 23.4 Å². The number of hydrogen-bond donors (Lipinski definition) is 7. The number of H-pyrrole nitrogens is 1. The monoisotopic (exact) mass is 562 g/mol. The quantitative estimate of drug-likeness (QED) is 0.241. The second-order valence-electron chi connectivity index (χ2n) is 9.63. The van der Waals surface area contributed by atoms with E-state index in [2.05, 4.69) is 26.3 Å². The molecule has 0 spiro atoms. The average Bonchev–Trinajstić information content (AvgIpc) is 3.24. The van der Waals surface area contributed by atoms with Gasteiger partial charge in [0.25, 0.3) is 0 Å². The largest absolute Gasteiger partial charge is 0.480 e. The molecule has 1 aromatic carbocycles. The van der Waals surface area contributed by atoms with Crippen LogP contribution in [0.1, 0.15) is 31.4 Å². The third-order valence-electron chi connectivity index (χ3n) is 6.62. The number of aliphatic carboxylic acids is 1. The van der Waals surface area contributed by atoms with Crippen molar-refractivity contribution in [2.24, 2.45) is 11.7 Å². The summed E-state index contributed by atoms with van der Waals surface area (Å²) in [7, 11) is -1.95. The highest BCUT2D eigenvalue weighted by Gasteiger charge is 2.30. The lowest BCUT2D eigenvalue weighted by Crippen LogP contribution is -2.55. The molecule has 39 heavy (non-hydrogen) atoms. The number of fused-ring (bicyclic) bond motifs is 3. The van der Waals surface area contributed by atoms with Crippen molar-refractivity contribution in [3.63, 3.8) is 0 Å². The van der Waals surface area contributed by atoms with Gasteiger partial charge >= 0.3 is 5.97 Å². The van der Waals surface area contributed by atoms with Crippen molar-refractivity contribution in [3.05, 3.63) is 29.3 Å². The number of aromatic amines is 1. The number of carbonyl (C=O) groups excluding carboxylic acids is 4. The first kappa shape index (κ1) is 29.8.